The Balaban J connectivity index is 2.17. The molecule has 2 saturated carbocycles. The average molecular weight is 401 g/mol. The van der Waals surface area contributed by atoms with Crippen molar-refractivity contribution in [2.24, 2.45) is 22.7 Å². The van der Waals surface area contributed by atoms with E-state index in [1.165, 1.54) is 0 Å². The first-order chi connectivity index (χ1) is 12.6. The Hall–Kier alpha value is -0.200. The SMILES string of the molecule is CCC(C)(C)OOC1(OOC2(O)CC(C)CC(C)(C)C2)CC(C)CC(C)(C)C1. The van der Waals surface area contributed by atoms with E-state index in [0.29, 0.717) is 37.5 Å². The molecule has 0 radical (unpaired) electrons. The molecule has 4 unspecified atom stereocenters. The largest absolute Gasteiger partial charge is 0.363 e. The summed E-state index contributed by atoms with van der Waals surface area (Å²) in [6.07, 6.45) is 5.40. The molecule has 2 aliphatic carbocycles. The molecule has 4 atom stereocenters. The van der Waals surface area contributed by atoms with E-state index >= 15 is 0 Å². The fourth-order valence-electron chi connectivity index (χ4n) is 5.48. The molecule has 0 aliphatic heterocycles. The van der Waals surface area contributed by atoms with Crippen molar-refractivity contribution in [1.29, 1.82) is 0 Å². The molecule has 0 saturated heterocycles. The van der Waals surface area contributed by atoms with E-state index in [0.717, 1.165) is 19.3 Å². The number of hydrogen-bond acceptors (Lipinski definition) is 5. The van der Waals surface area contributed by atoms with Gasteiger partial charge in [-0.25, -0.2) is 4.89 Å². The molecule has 0 aromatic heterocycles. The van der Waals surface area contributed by atoms with Crippen LogP contribution < -0.4 is 0 Å². The third-order valence-electron chi connectivity index (χ3n) is 6.25. The molecule has 2 fully saturated rings. The summed E-state index contributed by atoms with van der Waals surface area (Å²) in [5.74, 6) is -1.56. The molecule has 0 heterocycles. The van der Waals surface area contributed by atoms with Crippen molar-refractivity contribution in [2.45, 2.75) is 124 Å². The van der Waals surface area contributed by atoms with Crippen LogP contribution in [0.2, 0.25) is 0 Å². The number of aliphatic hydroxyl groups is 1. The quantitative estimate of drug-likeness (QED) is 0.315. The van der Waals surface area contributed by atoms with Gasteiger partial charge in [-0.2, -0.15) is 14.7 Å². The average Bonchev–Trinajstić information content (AvgIpc) is 2.47. The van der Waals surface area contributed by atoms with Crippen LogP contribution in [0.15, 0.2) is 0 Å². The summed E-state index contributed by atoms with van der Waals surface area (Å²) in [6.45, 7) is 19.2. The predicted octanol–water partition coefficient (Wildman–Crippen LogP) is 6.15. The smallest absolute Gasteiger partial charge is 0.234 e. The van der Waals surface area contributed by atoms with Crippen molar-refractivity contribution in [2.75, 3.05) is 0 Å². The van der Waals surface area contributed by atoms with Gasteiger partial charge in [-0.1, -0.05) is 48.5 Å². The first-order valence-electron chi connectivity index (χ1n) is 11.1. The van der Waals surface area contributed by atoms with Crippen LogP contribution in [0.1, 0.15) is 107 Å². The van der Waals surface area contributed by atoms with Crippen LogP contribution in [0.5, 0.6) is 0 Å². The van der Waals surface area contributed by atoms with E-state index in [9.17, 15) is 5.11 Å². The molecule has 2 aliphatic rings. The molecule has 166 valence electrons. The summed E-state index contributed by atoms with van der Waals surface area (Å²) in [5, 5.41) is 11.1. The summed E-state index contributed by atoms with van der Waals surface area (Å²) in [7, 11) is 0. The van der Waals surface area contributed by atoms with Crippen molar-refractivity contribution in [3.63, 3.8) is 0 Å². The molecule has 0 spiro atoms. The maximum absolute atomic E-state index is 11.1. The Morgan fingerprint density at radius 3 is 1.86 bits per heavy atom. The summed E-state index contributed by atoms with van der Waals surface area (Å²) in [5.41, 5.74) is -0.383. The lowest BCUT2D eigenvalue weighted by molar-refractivity contribution is -0.573. The van der Waals surface area contributed by atoms with Gasteiger partial charge in [0.15, 0.2) is 5.79 Å². The molecule has 0 aromatic rings. The zero-order chi connectivity index (χ0) is 21.4. The summed E-state index contributed by atoms with van der Waals surface area (Å²) in [6, 6.07) is 0. The lowest BCUT2D eigenvalue weighted by Crippen LogP contribution is -2.51. The Morgan fingerprint density at radius 2 is 1.36 bits per heavy atom. The molecule has 0 amide bonds. The van der Waals surface area contributed by atoms with Crippen LogP contribution >= 0.6 is 0 Å². The van der Waals surface area contributed by atoms with E-state index in [4.69, 9.17) is 19.6 Å². The zero-order valence-corrected chi connectivity index (χ0v) is 19.7. The van der Waals surface area contributed by atoms with Crippen molar-refractivity contribution < 1.29 is 24.7 Å². The highest BCUT2D eigenvalue weighted by Crippen LogP contribution is 2.49. The van der Waals surface area contributed by atoms with E-state index in [-0.39, 0.29) is 10.8 Å². The fourth-order valence-corrected chi connectivity index (χ4v) is 5.48. The minimum absolute atomic E-state index is 0.00360. The Morgan fingerprint density at radius 1 is 0.821 bits per heavy atom. The molecule has 28 heavy (non-hydrogen) atoms. The van der Waals surface area contributed by atoms with Crippen LogP contribution in [0, 0.1) is 22.7 Å². The molecule has 0 aromatic carbocycles. The van der Waals surface area contributed by atoms with Gasteiger partial charge in [-0.3, -0.25) is 0 Å². The number of rotatable bonds is 7. The van der Waals surface area contributed by atoms with Crippen LogP contribution in [0.3, 0.4) is 0 Å². The summed E-state index contributed by atoms with van der Waals surface area (Å²) >= 11 is 0. The van der Waals surface area contributed by atoms with Crippen molar-refractivity contribution in [1.82, 2.24) is 0 Å². The predicted molar refractivity (Wildman–Crippen MR) is 110 cm³/mol. The third kappa shape index (κ3) is 6.66. The van der Waals surface area contributed by atoms with Crippen LogP contribution in [0.25, 0.3) is 0 Å². The normalized spacial score (nSPS) is 38.4. The van der Waals surface area contributed by atoms with Gasteiger partial charge in [-0.15, -0.1) is 0 Å². The standard InChI is InChI=1S/C23H44O5/c1-10-21(8,9)25-27-23(14-18(3)12-20(6,7)16-23)28-26-22(24)13-17(2)11-19(4,5)15-22/h17-18,24H,10-16H2,1-9H3. The lowest BCUT2D eigenvalue weighted by atomic mass is 9.70. The highest BCUT2D eigenvalue weighted by Gasteiger charge is 2.51. The fraction of sp³-hybridized carbons (Fsp3) is 1.00. The van der Waals surface area contributed by atoms with E-state index < -0.39 is 17.2 Å². The van der Waals surface area contributed by atoms with E-state index in [1.54, 1.807) is 0 Å². The van der Waals surface area contributed by atoms with Gasteiger partial charge in [0.1, 0.15) is 0 Å². The second-order valence-corrected chi connectivity index (χ2v) is 12.0. The molecule has 2 rings (SSSR count). The highest BCUT2D eigenvalue weighted by atomic mass is 17.3. The van der Waals surface area contributed by atoms with Crippen LogP contribution in [-0.2, 0) is 19.6 Å². The van der Waals surface area contributed by atoms with Gasteiger partial charge in [0.2, 0.25) is 5.79 Å². The maximum atomic E-state index is 11.1. The molecule has 5 heteroatoms. The van der Waals surface area contributed by atoms with Crippen LogP contribution in [0.4, 0.5) is 0 Å². The molecule has 5 nitrogen and oxygen atoms in total. The Labute approximate surface area is 172 Å². The molecular formula is C23H44O5. The summed E-state index contributed by atoms with van der Waals surface area (Å²) in [4.78, 5) is 23.6. The van der Waals surface area contributed by atoms with Gasteiger partial charge in [0.25, 0.3) is 0 Å². The monoisotopic (exact) mass is 400 g/mol. The summed E-state index contributed by atoms with van der Waals surface area (Å²) < 4.78 is 0. The van der Waals surface area contributed by atoms with Crippen molar-refractivity contribution in [3.05, 3.63) is 0 Å². The first kappa shape index (κ1) is 24.1. The van der Waals surface area contributed by atoms with Gasteiger partial charge in [-0.05, 0) is 55.8 Å². The maximum Gasteiger partial charge on any atom is 0.234 e. The minimum Gasteiger partial charge on any atom is -0.363 e. The second kappa shape index (κ2) is 8.14. The second-order valence-electron chi connectivity index (χ2n) is 12.0. The van der Waals surface area contributed by atoms with Crippen LogP contribution in [-0.4, -0.2) is 22.3 Å². The van der Waals surface area contributed by atoms with Gasteiger partial charge in [0, 0.05) is 25.7 Å². The van der Waals surface area contributed by atoms with Crippen molar-refractivity contribution >= 4 is 0 Å². The lowest BCUT2D eigenvalue weighted by Gasteiger charge is -2.48. The topological polar surface area (TPSA) is 57.2 Å². The van der Waals surface area contributed by atoms with E-state index in [2.05, 4.69) is 48.5 Å². The zero-order valence-electron chi connectivity index (χ0n) is 19.7. The Bertz CT molecular complexity index is 529. The van der Waals surface area contributed by atoms with Gasteiger partial charge >= 0.3 is 0 Å². The first-order valence-corrected chi connectivity index (χ1v) is 11.1. The number of hydrogen-bond donors (Lipinski definition) is 1. The van der Waals surface area contributed by atoms with Gasteiger partial charge < -0.3 is 5.11 Å². The van der Waals surface area contributed by atoms with Crippen molar-refractivity contribution in [3.8, 4) is 0 Å². The Kier molecular flexibility index (Phi) is 7.00. The highest BCUT2D eigenvalue weighted by molar-refractivity contribution is 4.90. The third-order valence-corrected chi connectivity index (χ3v) is 6.25. The minimum atomic E-state index is -1.30. The molecular weight excluding hydrogens is 356 g/mol. The molecule has 0 bridgehead atoms. The van der Waals surface area contributed by atoms with E-state index in [1.807, 2.05) is 13.8 Å². The molecule has 1 N–H and O–H groups in total. The van der Waals surface area contributed by atoms with Gasteiger partial charge in [0.05, 0.1) is 5.60 Å².